The number of hydrogen-bond acceptors (Lipinski definition) is 2. The number of aromatic nitrogens is 2. The minimum atomic E-state index is -0.210. The highest BCUT2D eigenvalue weighted by molar-refractivity contribution is 5.63. The van der Waals surface area contributed by atoms with Crippen molar-refractivity contribution in [3.63, 3.8) is 0 Å². The number of aryl methyl sites for hydroxylation is 1. The third-order valence-corrected chi connectivity index (χ3v) is 3.19. The van der Waals surface area contributed by atoms with Gasteiger partial charge in [-0.2, -0.15) is 5.10 Å². The number of hydrogen-bond donors (Lipinski definition) is 1. The zero-order valence-electron chi connectivity index (χ0n) is 10.9. The average molecular weight is 247 g/mol. The molecule has 0 saturated carbocycles. The van der Waals surface area contributed by atoms with Gasteiger partial charge >= 0.3 is 0 Å². The molecule has 0 aliphatic carbocycles. The predicted molar refractivity (Wildman–Crippen MR) is 70.8 cm³/mol. The monoisotopic (exact) mass is 247 g/mol. The van der Waals surface area contributed by atoms with Gasteiger partial charge in [0.2, 0.25) is 0 Å². The lowest BCUT2D eigenvalue weighted by molar-refractivity contribution is 0.622. The van der Waals surface area contributed by atoms with Crippen molar-refractivity contribution in [3.8, 4) is 11.1 Å². The van der Waals surface area contributed by atoms with Crippen LogP contribution in [0.4, 0.5) is 4.39 Å². The van der Waals surface area contributed by atoms with Crippen molar-refractivity contribution in [2.75, 3.05) is 7.05 Å². The fraction of sp³-hybridized carbons (Fsp3) is 0.357. The van der Waals surface area contributed by atoms with Crippen LogP contribution in [0.25, 0.3) is 11.1 Å². The summed E-state index contributed by atoms with van der Waals surface area (Å²) >= 11 is 0. The number of nitrogens with zero attached hydrogens (tertiary/aromatic N) is 2. The Kier molecular flexibility index (Phi) is 3.77. The number of rotatable bonds is 4. The Bertz CT molecular complexity index is 534. The lowest BCUT2D eigenvalue weighted by Crippen LogP contribution is -2.12. The molecule has 96 valence electrons. The molecular formula is C14H18FN3. The third kappa shape index (κ3) is 2.43. The fourth-order valence-corrected chi connectivity index (χ4v) is 1.88. The van der Waals surface area contributed by atoms with Gasteiger partial charge in [-0.3, -0.25) is 4.68 Å². The van der Waals surface area contributed by atoms with Crippen molar-refractivity contribution in [2.45, 2.75) is 26.4 Å². The molecule has 0 radical (unpaired) electrons. The van der Waals surface area contributed by atoms with Gasteiger partial charge in [0, 0.05) is 29.9 Å². The summed E-state index contributed by atoms with van der Waals surface area (Å²) in [7, 11) is 1.89. The first-order valence-corrected chi connectivity index (χ1v) is 6.15. The molecule has 1 unspecified atom stereocenters. The molecule has 1 aromatic carbocycles. The van der Waals surface area contributed by atoms with Crippen molar-refractivity contribution >= 4 is 0 Å². The Balaban J connectivity index is 2.42. The van der Waals surface area contributed by atoms with E-state index in [4.69, 9.17) is 0 Å². The number of benzene rings is 1. The largest absolute Gasteiger partial charge is 0.313 e. The van der Waals surface area contributed by atoms with E-state index in [9.17, 15) is 4.39 Å². The average Bonchev–Trinajstić information content (AvgIpc) is 2.87. The molecule has 0 amide bonds. The first kappa shape index (κ1) is 12.8. The van der Waals surface area contributed by atoms with E-state index in [0.29, 0.717) is 5.56 Å². The maximum Gasteiger partial charge on any atom is 0.131 e. The Labute approximate surface area is 107 Å². The normalized spacial score (nSPS) is 12.7. The first-order valence-electron chi connectivity index (χ1n) is 6.15. The van der Waals surface area contributed by atoms with Gasteiger partial charge in [-0.15, -0.1) is 0 Å². The third-order valence-electron chi connectivity index (χ3n) is 3.19. The highest BCUT2D eigenvalue weighted by Crippen LogP contribution is 2.25. The summed E-state index contributed by atoms with van der Waals surface area (Å²) in [5.74, 6) is -0.210. The topological polar surface area (TPSA) is 29.9 Å². The Morgan fingerprint density at radius 1 is 1.44 bits per heavy atom. The molecule has 1 atom stereocenters. The molecule has 3 nitrogen and oxygen atoms in total. The molecule has 0 spiro atoms. The van der Waals surface area contributed by atoms with E-state index in [1.807, 2.05) is 39.2 Å². The van der Waals surface area contributed by atoms with Crippen LogP contribution in [0.15, 0.2) is 30.6 Å². The fourth-order valence-electron chi connectivity index (χ4n) is 1.88. The van der Waals surface area contributed by atoms with Gasteiger partial charge in [0.25, 0.3) is 0 Å². The lowest BCUT2D eigenvalue weighted by Gasteiger charge is -2.12. The summed E-state index contributed by atoms with van der Waals surface area (Å²) in [6.07, 6.45) is 3.57. The SMILES string of the molecule is CCn1cc(-c2cc(C(C)NC)ccc2F)cn1. The lowest BCUT2D eigenvalue weighted by atomic mass is 10.0. The van der Waals surface area contributed by atoms with Crippen LogP contribution in [0.2, 0.25) is 0 Å². The van der Waals surface area contributed by atoms with E-state index in [2.05, 4.69) is 10.4 Å². The van der Waals surface area contributed by atoms with E-state index in [1.165, 1.54) is 6.07 Å². The molecule has 2 rings (SSSR count). The second-order valence-corrected chi connectivity index (χ2v) is 4.33. The minimum absolute atomic E-state index is 0.200. The van der Waals surface area contributed by atoms with Crippen LogP contribution in [0.3, 0.4) is 0 Å². The van der Waals surface area contributed by atoms with Gasteiger partial charge in [0.05, 0.1) is 6.20 Å². The molecular weight excluding hydrogens is 229 g/mol. The quantitative estimate of drug-likeness (QED) is 0.900. The zero-order chi connectivity index (χ0) is 13.1. The van der Waals surface area contributed by atoms with E-state index >= 15 is 0 Å². The smallest absolute Gasteiger partial charge is 0.131 e. The number of nitrogens with one attached hydrogen (secondary N) is 1. The van der Waals surface area contributed by atoms with Gasteiger partial charge in [0.15, 0.2) is 0 Å². The first-order chi connectivity index (χ1) is 8.65. The van der Waals surface area contributed by atoms with Crippen molar-refractivity contribution in [1.82, 2.24) is 15.1 Å². The molecule has 0 saturated heterocycles. The maximum absolute atomic E-state index is 13.9. The minimum Gasteiger partial charge on any atom is -0.313 e. The van der Waals surface area contributed by atoms with E-state index < -0.39 is 0 Å². The van der Waals surface area contributed by atoms with Crippen molar-refractivity contribution in [3.05, 3.63) is 42.0 Å². The molecule has 1 heterocycles. The standard InChI is InChI=1S/C14H18FN3/c1-4-18-9-12(8-17-18)13-7-11(10(2)16-3)5-6-14(13)15/h5-10,16H,4H2,1-3H3. The van der Waals surface area contributed by atoms with Crippen LogP contribution in [-0.4, -0.2) is 16.8 Å². The summed E-state index contributed by atoms with van der Waals surface area (Å²) < 4.78 is 15.7. The summed E-state index contributed by atoms with van der Waals surface area (Å²) in [5.41, 5.74) is 2.49. The molecule has 0 bridgehead atoms. The Morgan fingerprint density at radius 2 is 2.22 bits per heavy atom. The second-order valence-electron chi connectivity index (χ2n) is 4.33. The van der Waals surface area contributed by atoms with Gasteiger partial charge < -0.3 is 5.32 Å². The second kappa shape index (κ2) is 5.31. The van der Waals surface area contributed by atoms with Crippen LogP contribution in [-0.2, 0) is 6.54 Å². The highest BCUT2D eigenvalue weighted by Gasteiger charge is 2.11. The molecule has 0 aliphatic rings. The molecule has 18 heavy (non-hydrogen) atoms. The van der Waals surface area contributed by atoms with Crippen LogP contribution in [0, 0.1) is 5.82 Å². The molecule has 0 aliphatic heterocycles. The molecule has 1 aromatic heterocycles. The van der Waals surface area contributed by atoms with Gasteiger partial charge in [-0.25, -0.2) is 4.39 Å². The van der Waals surface area contributed by atoms with Crippen LogP contribution < -0.4 is 5.32 Å². The molecule has 0 fully saturated rings. The summed E-state index contributed by atoms with van der Waals surface area (Å²) in [6, 6.07) is 5.41. The Morgan fingerprint density at radius 3 is 2.83 bits per heavy atom. The maximum atomic E-state index is 13.9. The van der Waals surface area contributed by atoms with Crippen LogP contribution in [0.1, 0.15) is 25.5 Å². The van der Waals surface area contributed by atoms with Crippen LogP contribution in [0.5, 0.6) is 0 Å². The number of halogens is 1. The van der Waals surface area contributed by atoms with E-state index in [1.54, 1.807) is 10.9 Å². The summed E-state index contributed by atoms with van der Waals surface area (Å²) in [4.78, 5) is 0. The van der Waals surface area contributed by atoms with E-state index in [0.717, 1.165) is 17.7 Å². The van der Waals surface area contributed by atoms with Crippen molar-refractivity contribution in [1.29, 1.82) is 0 Å². The summed E-state index contributed by atoms with van der Waals surface area (Å²) in [6.45, 7) is 4.84. The van der Waals surface area contributed by atoms with Crippen molar-refractivity contribution in [2.24, 2.45) is 0 Å². The molecule has 4 heteroatoms. The molecule has 1 N–H and O–H groups in total. The predicted octanol–water partition coefficient (Wildman–Crippen LogP) is 2.99. The van der Waals surface area contributed by atoms with E-state index in [-0.39, 0.29) is 11.9 Å². The Hall–Kier alpha value is -1.68. The van der Waals surface area contributed by atoms with Crippen molar-refractivity contribution < 1.29 is 4.39 Å². The zero-order valence-corrected chi connectivity index (χ0v) is 10.9. The molecule has 2 aromatic rings. The van der Waals surface area contributed by atoms with Gasteiger partial charge in [0.1, 0.15) is 5.82 Å². The van der Waals surface area contributed by atoms with Gasteiger partial charge in [-0.05, 0) is 38.6 Å². The highest BCUT2D eigenvalue weighted by atomic mass is 19.1. The summed E-state index contributed by atoms with van der Waals surface area (Å²) in [5, 5.41) is 7.33. The van der Waals surface area contributed by atoms with Gasteiger partial charge in [-0.1, -0.05) is 6.07 Å². The van der Waals surface area contributed by atoms with Crippen LogP contribution >= 0.6 is 0 Å².